The fourth-order valence-corrected chi connectivity index (χ4v) is 4.78. The summed E-state index contributed by atoms with van der Waals surface area (Å²) < 4.78 is 13.2. The van der Waals surface area contributed by atoms with Gasteiger partial charge in [0.05, 0.1) is 40.9 Å². The fourth-order valence-electron chi connectivity index (χ4n) is 4.52. The van der Waals surface area contributed by atoms with Gasteiger partial charge in [-0.1, -0.05) is 11.6 Å². The smallest absolute Gasteiger partial charge is 0.164 e. The van der Waals surface area contributed by atoms with Gasteiger partial charge < -0.3 is 15.2 Å². The second-order valence-corrected chi connectivity index (χ2v) is 8.63. The molecule has 2 N–H and O–H groups in total. The zero-order valence-corrected chi connectivity index (χ0v) is 20.1. The van der Waals surface area contributed by atoms with E-state index in [1.165, 1.54) is 6.33 Å². The first-order valence-electron chi connectivity index (χ1n) is 11.0. The van der Waals surface area contributed by atoms with E-state index in [0.717, 1.165) is 41.8 Å². The van der Waals surface area contributed by atoms with E-state index in [4.69, 9.17) is 31.9 Å². The maximum atomic E-state index is 9.92. The Kier molecular flexibility index (Phi) is 6.70. The van der Waals surface area contributed by atoms with Gasteiger partial charge in [0.25, 0.3) is 0 Å². The number of aromatic nitrogens is 4. The number of ether oxygens (including phenoxy) is 2. The molecule has 174 valence electrons. The van der Waals surface area contributed by atoms with Crippen LogP contribution in [0.2, 0.25) is 5.02 Å². The second kappa shape index (κ2) is 9.51. The summed E-state index contributed by atoms with van der Waals surface area (Å²) in [7, 11) is 1.70. The summed E-state index contributed by atoms with van der Waals surface area (Å²) in [4.78, 5) is 10.8. The van der Waals surface area contributed by atoms with Crippen molar-refractivity contribution in [3.63, 3.8) is 0 Å². The van der Waals surface area contributed by atoms with Gasteiger partial charge in [-0.2, -0.15) is 10.4 Å². The monoisotopic (exact) mass is 469 g/mol. The number of aryl methyl sites for hydroxylation is 1. The molecule has 0 spiro atoms. The Labute approximate surface area is 198 Å². The molecule has 4 rings (SSSR count). The van der Waals surface area contributed by atoms with Crippen LogP contribution in [0.25, 0.3) is 11.0 Å². The molecule has 1 aromatic carbocycles. The molecule has 0 radical (unpaired) electrons. The summed E-state index contributed by atoms with van der Waals surface area (Å²) in [5, 5.41) is 15.8. The second-order valence-electron chi connectivity index (χ2n) is 8.22. The van der Waals surface area contributed by atoms with Crippen molar-refractivity contribution in [1.29, 1.82) is 5.26 Å². The summed E-state index contributed by atoms with van der Waals surface area (Å²) in [6, 6.07) is 3.86. The van der Waals surface area contributed by atoms with Crippen molar-refractivity contribution >= 4 is 28.5 Å². The number of nitrogens with zero attached hydrogens (tertiary/aromatic N) is 6. The highest BCUT2D eigenvalue weighted by Gasteiger charge is 2.35. The van der Waals surface area contributed by atoms with Crippen LogP contribution in [-0.2, 0) is 4.74 Å². The molecule has 1 fully saturated rings. The molecule has 1 atom stereocenters. The van der Waals surface area contributed by atoms with Crippen LogP contribution < -0.4 is 10.5 Å². The Morgan fingerprint density at radius 1 is 1.36 bits per heavy atom. The number of hydrogen-bond donors (Lipinski definition) is 1. The minimum Gasteiger partial charge on any atom is -0.493 e. The van der Waals surface area contributed by atoms with Crippen molar-refractivity contribution in [1.82, 2.24) is 24.6 Å². The number of halogens is 1. The Morgan fingerprint density at radius 2 is 2.12 bits per heavy atom. The van der Waals surface area contributed by atoms with E-state index in [9.17, 15) is 5.26 Å². The number of methoxy groups -OCH3 is 1. The Balaban J connectivity index is 1.82. The predicted molar refractivity (Wildman–Crippen MR) is 127 cm³/mol. The van der Waals surface area contributed by atoms with Gasteiger partial charge in [0.2, 0.25) is 0 Å². The van der Waals surface area contributed by atoms with Crippen molar-refractivity contribution < 1.29 is 9.47 Å². The number of likely N-dealkylation sites (tertiary alicyclic amines) is 1. The lowest BCUT2D eigenvalue weighted by atomic mass is 9.85. The number of benzene rings is 1. The van der Waals surface area contributed by atoms with E-state index < -0.39 is 0 Å². The van der Waals surface area contributed by atoms with Crippen LogP contribution in [0.4, 0.5) is 5.82 Å². The number of fused-ring (bicyclic) bond motifs is 1. The van der Waals surface area contributed by atoms with Gasteiger partial charge in [-0.3, -0.25) is 4.90 Å². The average molecular weight is 470 g/mol. The van der Waals surface area contributed by atoms with Crippen molar-refractivity contribution in [2.75, 3.05) is 45.7 Å². The summed E-state index contributed by atoms with van der Waals surface area (Å²) in [5.41, 5.74) is 9.67. The number of anilines is 1. The number of hydrogen-bond acceptors (Lipinski definition) is 8. The molecule has 0 amide bonds. The molecule has 0 unspecified atom stereocenters. The van der Waals surface area contributed by atoms with E-state index in [1.54, 1.807) is 7.11 Å². The van der Waals surface area contributed by atoms with Crippen LogP contribution in [0.15, 0.2) is 12.4 Å². The topological polar surface area (TPSA) is 115 Å². The third-order valence-electron chi connectivity index (χ3n) is 6.18. The Bertz CT molecular complexity index is 1210. The van der Waals surface area contributed by atoms with E-state index in [-0.39, 0.29) is 12.0 Å². The molecule has 10 heteroatoms. The van der Waals surface area contributed by atoms with Crippen LogP contribution in [0.1, 0.15) is 48.2 Å². The maximum Gasteiger partial charge on any atom is 0.164 e. The fraction of sp³-hybridized carbons (Fsp3) is 0.478. The van der Waals surface area contributed by atoms with E-state index in [1.807, 2.05) is 31.5 Å². The van der Waals surface area contributed by atoms with Crippen molar-refractivity contribution in [3.8, 4) is 11.8 Å². The predicted octanol–water partition coefficient (Wildman–Crippen LogP) is 3.30. The molecule has 0 bridgehead atoms. The SMILES string of the molecule is CCOc1c([C@H](C)n2nc(C)c3c(N)ncnc32)cc(Cl)c(C#N)c1C1CN(CCOC)C1. The van der Waals surface area contributed by atoms with E-state index in [2.05, 4.69) is 20.9 Å². The zero-order chi connectivity index (χ0) is 23.7. The van der Waals surface area contributed by atoms with Crippen LogP contribution in [0.5, 0.6) is 5.75 Å². The molecule has 2 aromatic heterocycles. The highest BCUT2D eigenvalue weighted by atomic mass is 35.5. The standard InChI is InChI=1S/C23H28ClN7O2/c1-5-33-21-16(14(3)31-23-19(13(2)29-31)22(26)27-12-28-23)8-18(24)17(9-25)20(21)15-10-30(11-15)6-7-32-4/h8,12,14-15H,5-7,10-11H2,1-4H3,(H2,26,27,28)/t14-/m0/s1. The van der Waals surface area contributed by atoms with Crippen LogP contribution >= 0.6 is 11.6 Å². The number of nitrogens with two attached hydrogens (primary N) is 1. The molecule has 0 aliphatic carbocycles. The lowest BCUT2D eigenvalue weighted by Gasteiger charge is -2.40. The molecule has 1 aliphatic heterocycles. The lowest BCUT2D eigenvalue weighted by molar-refractivity contribution is 0.0930. The number of nitrogen functional groups attached to an aromatic ring is 1. The van der Waals surface area contributed by atoms with Crippen LogP contribution in [0.3, 0.4) is 0 Å². The quantitative estimate of drug-likeness (QED) is 0.534. The van der Waals surface area contributed by atoms with Gasteiger partial charge in [-0.25, -0.2) is 14.6 Å². The third kappa shape index (κ3) is 4.10. The van der Waals surface area contributed by atoms with Gasteiger partial charge in [0.1, 0.15) is 24.0 Å². The van der Waals surface area contributed by atoms with E-state index >= 15 is 0 Å². The largest absolute Gasteiger partial charge is 0.493 e. The first-order chi connectivity index (χ1) is 15.9. The van der Waals surface area contributed by atoms with Gasteiger partial charge in [-0.05, 0) is 26.8 Å². The highest BCUT2D eigenvalue weighted by molar-refractivity contribution is 6.32. The molecular formula is C23H28ClN7O2. The Hall–Kier alpha value is -2.93. The van der Waals surface area contributed by atoms with Crippen molar-refractivity contribution in [3.05, 3.63) is 39.8 Å². The van der Waals surface area contributed by atoms with Crippen LogP contribution in [0, 0.1) is 18.3 Å². The maximum absolute atomic E-state index is 9.92. The molecule has 1 saturated heterocycles. The molecule has 0 saturated carbocycles. The molecule has 3 aromatic rings. The minimum absolute atomic E-state index is 0.150. The highest BCUT2D eigenvalue weighted by Crippen LogP contribution is 2.44. The molecule has 1 aliphatic rings. The molecule has 33 heavy (non-hydrogen) atoms. The summed E-state index contributed by atoms with van der Waals surface area (Å²) in [6.45, 7) is 9.46. The van der Waals surface area contributed by atoms with E-state index in [0.29, 0.717) is 41.0 Å². The molecule has 9 nitrogen and oxygen atoms in total. The molecular weight excluding hydrogens is 442 g/mol. The van der Waals surface area contributed by atoms with Gasteiger partial charge in [-0.15, -0.1) is 0 Å². The summed E-state index contributed by atoms with van der Waals surface area (Å²) >= 11 is 6.65. The summed E-state index contributed by atoms with van der Waals surface area (Å²) in [6.07, 6.45) is 1.44. The van der Waals surface area contributed by atoms with Crippen molar-refractivity contribution in [2.45, 2.75) is 32.7 Å². The first kappa shape index (κ1) is 23.2. The van der Waals surface area contributed by atoms with Gasteiger partial charge in [0.15, 0.2) is 5.65 Å². The average Bonchev–Trinajstić information content (AvgIpc) is 3.11. The first-order valence-corrected chi connectivity index (χ1v) is 11.3. The minimum atomic E-state index is -0.259. The number of nitriles is 1. The molecule has 3 heterocycles. The van der Waals surface area contributed by atoms with Crippen LogP contribution in [-0.4, -0.2) is 64.6 Å². The van der Waals surface area contributed by atoms with Gasteiger partial charge in [0, 0.05) is 43.8 Å². The Morgan fingerprint density at radius 3 is 2.79 bits per heavy atom. The van der Waals surface area contributed by atoms with Crippen molar-refractivity contribution in [2.24, 2.45) is 0 Å². The normalized spacial score (nSPS) is 15.4. The lowest BCUT2D eigenvalue weighted by Crippen LogP contribution is -2.46. The van der Waals surface area contributed by atoms with Gasteiger partial charge >= 0.3 is 0 Å². The summed E-state index contributed by atoms with van der Waals surface area (Å²) in [5.74, 6) is 1.24. The zero-order valence-electron chi connectivity index (χ0n) is 19.3. The number of rotatable bonds is 8. The third-order valence-corrected chi connectivity index (χ3v) is 6.48.